The Morgan fingerprint density at radius 2 is 2.06 bits per heavy atom. The minimum absolute atomic E-state index is 0.493. The molecule has 1 unspecified atom stereocenters. The molecule has 0 heterocycles. The molecule has 0 aliphatic carbocycles. The molecule has 0 fully saturated rings. The molecule has 1 aromatic rings. The molecule has 3 heteroatoms. The monoisotopic (exact) mass is 269 g/mol. The zero-order valence-electron chi connectivity index (χ0n) is 11.6. The van der Waals surface area contributed by atoms with Crippen LogP contribution in [0.15, 0.2) is 24.3 Å². The molecular formula is C15H24ClNO. The quantitative estimate of drug-likeness (QED) is 0.781. The molecule has 0 spiro atoms. The van der Waals surface area contributed by atoms with Crippen LogP contribution >= 0.6 is 11.6 Å². The van der Waals surface area contributed by atoms with Crippen molar-refractivity contribution in [2.24, 2.45) is 11.8 Å². The zero-order valence-corrected chi connectivity index (χ0v) is 12.3. The van der Waals surface area contributed by atoms with E-state index in [2.05, 4.69) is 25.2 Å². The lowest BCUT2D eigenvalue weighted by atomic mass is 10.00. The lowest BCUT2D eigenvalue weighted by molar-refractivity contribution is 0.150. The molecule has 0 bridgehead atoms. The number of rotatable bonds is 8. The molecule has 0 amide bonds. The van der Waals surface area contributed by atoms with Gasteiger partial charge >= 0.3 is 0 Å². The summed E-state index contributed by atoms with van der Waals surface area (Å²) in [5.74, 6) is 1.17. The van der Waals surface area contributed by atoms with E-state index in [1.807, 2.05) is 18.2 Å². The van der Waals surface area contributed by atoms with Gasteiger partial charge in [0.2, 0.25) is 0 Å². The van der Waals surface area contributed by atoms with Crippen LogP contribution in [0.4, 0.5) is 0 Å². The number of nitrogens with one attached hydrogen (secondary N) is 1. The van der Waals surface area contributed by atoms with Gasteiger partial charge in [-0.1, -0.05) is 37.6 Å². The molecule has 102 valence electrons. The molecule has 1 rings (SSSR count). The lowest BCUT2D eigenvalue weighted by Gasteiger charge is -2.18. The average molecular weight is 270 g/mol. The van der Waals surface area contributed by atoms with E-state index >= 15 is 0 Å². The average Bonchev–Trinajstić information content (AvgIpc) is 2.28. The zero-order chi connectivity index (χ0) is 13.4. The fourth-order valence-electron chi connectivity index (χ4n) is 2.00. The minimum Gasteiger partial charge on any atom is -0.384 e. The van der Waals surface area contributed by atoms with E-state index < -0.39 is 0 Å². The van der Waals surface area contributed by atoms with Crippen LogP contribution in [0.2, 0.25) is 5.02 Å². The molecule has 0 saturated carbocycles. The van der Waals surface area contributed by atoms with E-state index in [4.69, 9.17) is 16.3 Å². The minimum atomic E-state index is 0.493. The van der Waals surface area contributed by atoms with Crippen LogP contribution in [-0.4, -0.2) is 26.8 Å². The first-order chi connectivity index (χ1) is 8.61. The molecular weight excluding hydrogens is 246 g/mol. The number of methoxy groups -OCH3 is 1. The summed E-state index contributed by atoms with van der Waals surface area (Å²) in [6, 6.07) is 8.07. The first-order valence-corrected chi connectivity index (χ1v) is 6.93. The second kappa shape index (κ2) is 8.52. The summed E-state index contributed by atoms with van der Waals surface area (Å²) in [4.78, 5) is 0. The number of benzene rings is 1. The van der Waals surface area contributed by atoms with Crippen molar-refractivity contribution < 1.29 is 4.74 Å². The van der Waals surface area contributed by atoms with Crippen LogP contribution in [0, 0.1) is 11.8 Å². The highest BCUT2D eigenvalue weighted by Gasteiger charge is 2.10. The van der Waals surface area contributed by atoms with Crippen molar-refractivity contribution in [1.82, 2.24) is 5.32 Å². The molecule has 0 aliphatic rings. The Bertz CT molecular complexity index is 341. The Morgan fingerprint density at radius 3 is 2.67 bits per heavy atom. The number of hydrogen-bond acceptors (Lipinski definition) is 2. The second-order valence-corrected chi connectivity index (χ2v) is 5.64. The van der Waals surface area contributed by atoms with Crippen LogP contribution in [0.3, 0.4) is 0 Å². The largest absolute Gasteiger partial charge is 0.384 e. The number of hydrogen-bond donors (Lipinski definition) is 1. The van der Waals surface area contributed by atoms with Gasteiger partial charge in [-0.3, -0.25) is 0 Å². The fraction of sp³-hybridized carbons (Fsp3) is 0.600. The Hall–Kier alpha value is -0.570. The van der Waals surface area contributed by atoms with Crippen molar-refractivity contribution in [2.45, 2.75) is 20.3 Å². The Morgan fingerprint density at radius 1 is 1.28 bits per heavy atom. The van der Waals surface area contributed by atoms with Crippen LogP contribution in [-0.2, 0) is 11.2 Å². The van der Waals surface area contributed by atoms with Gasteiger partial charge in [0.15, 0.2) is 0 Å². The molecule has 0 aliphatic heterocycles. The number of ether oxygens (including phenoxy) is 1. The van der Waals surface area contributed by atoms with Crippen molar-refractivity contribution in [1.29, 1.82) is 0 Å². The second-order valence-electron chi connectivity index (χ2n) is 5.21. The summed E-state index contributed by atoms with van der Waals surface area (Å²) in [6.45, 7) is 7.25. The van der Waals surface area contributed by atoms with Crippen molar-refractivity contribution in [3.8, 4) is 0 Å². The highest BCUT2D eigenvalue weighted by Crippen LogP contribution is 2.14. The van der Waals surface area contributed by atoms with Crippen LogP contribution in [0.25, 0.3) is 0 Å². The highest BCUT2D eigenvalue weighted by molar-refractivity contribution is 6.30. The summed E-state index contributed by atoms with van der Waals surface area (Å²) in [7, 11) is 1.76. The summed E-state index contributed by atoms with van der Waals surface area (Å²) in [6.07, 6.45) is 0.999. The number of halogens is 1. The maximum atomic E-state index is 6.00. The predicted octanol–water partition coefficient (Wildman–Crippen LogP) is 3.39. The van der Waals surface area contributed by atoms with Gasteiger partial charge in [0.25, 0.3) is 0 Å². The van der Waals surface area contributed by atoms with Crippen LogP contribution in [0.1, 0.15) is 19.4 Å². The Labute approximate surface area is 116 Å². The van der Waals surface area contributed by atoms with Gasteiger partial charge in [-0.05, 0) is 42.5 Å². The molecule has 0 aromatic heterocycles. The third kappa shape index (κ3) is 6.39. The van der Waals surface area contributed by atoms with Gasteiger partial charge < -0.3 is 10.1 Å². The van der Waals surface area contributed by atoms with E-state index in [9.17, 15) is 0 Å². The molecule has 1 aromatic carbocycles. The fourth-order valence-corrected chi connectivity index (χ4v) is 2.21. The molecule has 1 N–H and O–H groups in total. The third-order valence-corrected chi connectivity index (χ3v) is 3.04. The van der Waals surface area contributed by atoms with Crippen molar-refractivity contribution in [3.63, 3.8) is 0 Å². The highest BCUT2D eigenvalue weighted by atomic mass is 35.5. The normalized spacial score (nSPS) is 12.9. The van der Waals surface area contributed by atoms with E-state index in [0.29, 0.717) is 11.8 Å². The molecule has 1 atom stereocenters. The Balaban J connectivity index is 2.46. The predicted molar refractivity (Wildman–Crippen MR) is 78.2 cm³/mol. The van der Waals surface area contributed by atoms with Gasteiger partial charge in [-0.2, -0.15) is 0 Å². The van der Waals surface area contributed by atoms with Crippen LogP contribution < -0.4 is 5.32 Å². The molecule has 18 heavy (non-hydrogen) atoms. The van der Waals surface area contributed by atoms with E-state index in [1.165, 1.54) is 5.56 Å². The summed E-state index contributed by atoms with van der Waals surface area (Å²) in [5, 5.41) is 4.30. The van der Waals surface area contributed by atoms with E-state index in [-0.39, 0.29) is 0 Å². The lowest BCUT2D eigenvalue weighted by Crippen LogP contribution is -2.30. The molecule has 2 nitrogen and oxygen atoms in total. The first kappa shape index (κ1) is 15.5. The summed E-state index contributed by atoms with van der Waals surface area (Å²) < 4.78 is 5.29. The van der Waals surface area contributed by atoms with E-state index in [0.717, 1.165) is 31.1 Å². The summed E-state index contributed by atoms with van der Waals surface area (Å²) in [5.41, 5.74) is 1.27. The summed E-state index contributed by atoms with van der Waals surface area (Å²) >= 11 is 6.00. The maximum absolute atomic E-state index is 6.00. The van der Waals surface area contributed by atoms with Gasteiger partial charge in [-0.15, -0.1) is 0 Å². The Kier molecular flexibility index (Phi) is 7.33. The smallest absolute Gasteiger partial charge is 0.0505 e. The maximum Gasteiger partial charge on any atom is 0.0505 e. The molecule has 0 radical (unpaired) electrons. The van der Waals surface area contributed by atoms with Crippen molar-refractivity contribution in [3.05, 3.63) is 34.9 Å². The van der Waals surface area contributed by atoms with Crippen LogP contribution in [0.5, 0.6) is 0 Å². The third-order valence-electron chi connectivity index (χ3n) is 2.80. The van der Waals surface area contributed by atoms with E-state index in [1.54, 1.807) is 7.11 Å². The van der Waals surface area contributed by atoms with Crippen molar-refractivity contribution >= 4 is 11.6 Å². The topological polar surface area (TPSA) is 21.3 Å². The van der Waals surface area contributed by atoms with Crippen molar-refractivity contribution in [2.75, 3.05) is 26.8 Å². The van der Waals surface area contributed by atoms with Gasteiger partial charge in [-0.25, -0.2) is 0 Å². The van der Waals surface area contributed by atoms with Gasteiger partial charge in [0.05, 0.1) is 6.61 Å². The standard InChI is InChI=1S/C15H24ClNO/c1-12(2)9-17-10-14(11-18-3)7-13-5-4-6-15(16)8-13/h4-6,8,12,14,17H,7,9-11H2,1-3H3. The van der Waals surface area contributed by atoms with Gasteiger partial charge in [0.1, 0.15) is 0 Å². The first-order valence-electron chi connectivity index (χ1n) is 6.56. The van der Waals surface area contributed by atoms with Gasteiger partial charge in [0, 0.05) is 18.7 Å². The molecule has 0 saturated heterocycles. The SMILES string of the molecule is COCC(CNCC(C)C)Cc1cccc(Cl)c1.